The average molecular weight is 143 g/mol. The van der Waals surface area contributed by atoms with Gasteiger partial charge in [-0.05, 0) is 12.8 Å². The number of isocyanates is 1. The summed E-state index contributed by atoms with van der Waals surface area (Å²) in [4.78, 5) is 13.2. The summed E-state index contributed by atoms with van der Waals surface area (Å²) < 4.78 is 5.15. The predicted molar refractivity (Wildman–Crippen MR) is 38.4 cm³/mol. The fourth-order valence-electron chi connectivity index (χ4n) is 0.559. The van der Waals surface area contributed by atoms with Gasteiger partial charge in [-0.15, -0.1) is 0 Å². The van der Waals surface area contributed by atoms with Crippen LogP contribution in [0.2, 0.25) is 0 Å². The third kappa shape index (κ3) is 4.24. The van der Waals surface area contributed by atoms with Crippen molar-refractivity contribution in [3.63, 3.8) is 0 Å². The maximum atomic E-state index is 9.77. The number of hydrogen-bond acceptors (Lipinski definition) is 3. The first-order valence-corrected chi connectivity index (χ1v) is 3.53. The van der Waals surface area contributed by atoms with Gasteiger partial charge in [-0.1, -0.05) is 13.8 Å². The molecule has 0 aliphatic heterocycles. The molecular weight excluding hydrogens is 130 g/mol. The van der Waals surface area contributed by atoms with Crippen LogP contribution in [-0.4, -0.2) is 18.9 Å². The zero-order valence-electron chi connectivity index (χ0n) is 6.46. The summed E-state index contributed by atoms with van der Waals surface area (Å²) in [7, 11) is 0. The van der Waals surface area contributed by atoms with Crippen LogP contribution in [0.1, 0.15) is 26.7 Å². The third-order valence-electron chi connectivity index (χ3n) is 1.06. The Balaban J connectivity index is 3.49. The van der Waals surface area contributed by atoms with Crippen molar-refractivity contribution in [1.82, 2.24) is 0 Å². The lowest BCUT2D eigenvalue weighted by molar-refractivity contribution is 0.0575. The van der Waals surface area contributed by atoms with E-state index in [9.17, 15) is 4.79 Å². The lowest BCUT2D eigenvalue weighted by Gasteiger charge is -2.06. The Hall–Kier alpha value is -0.660. The van der Waals surface area contributed by atoms with Crippen LogP contribution in [0.3, 0.4) is 0 Å². The predicted octanol–water partition coefficient (Wildman–Crippen LogP) is 1.48. The second-order valence-corrected chi connectivity index (χ2v) is 1.95. The van der Waals surface area contributed by atoms with Crippen molar-refractivity contribution < 1.29 is 9.53 Å². The molecule has 3 heteroatoms. The highest BCUT2D eigenvalue weighted by atomic mass is 16.5. The molecular formula is C7H13NO2. The molecule has 0 saturated carbocycles. The number of carbonyl (C=O) groups excluding carboxylic acids is 1. The molecule has 0 N–H and O–H groups in total. The van der Waals surface area contributed by atoms with Crippen LogP contribution in [0.15, 0.2) is 4.99 Å². The van der Waals surface area contributed by atoms with Crippen molar-refractivity contribution in [3.05, 3.63) is 0 Å². The summed E-state index contributed by atoms with van der Waals surface area (Å²) in [6, 6.07) is 0. The molecule has 0 aliphatic carbocycles. The Morgan fingerprint density at radius 2 is 2.30 bits per heavy atom. The van der Waals surface area contributed by atoms with E-state index < -0.39 is 0 Å². The standard InChI is InChI=1S/C7H13NO2/c1-3-5-10-7(4-2)8-6-9/h7H,3-5H2,1-2H3. The van der Waals surface area contributed by atoms with Crippen LogP contribution < -0.4 is 0 Å². The van der Waals surface area contributed by atoms with Gasteiger partial charge in [0.05, 0.1) is 0 Å². The molecule has 0 aromatic heterocycles. The smallest absolute Gasteiger partial charge is 0.237 e. The molecule has 1 unspecified atom stereocenters. The minimum Gasteiger partial charge on any atom is -0.356 e. The fraction of sp³-hybridized carbons (Fsp3) is 0.857. The van der Waals surface area contributed by atoms with Crippen LogP contribution in [0.5, 0.6) is 0 Å². The van der Waals surface area contributed by atoms with Gasteiger partial charge in [-0.3, -0.25) is 0 Å². The quantitative estimate of drug-likeness (QED) is 0.432. The summed E-state index contributed by atoms with van der Waals surface area (Å²) >= 11 is 0. The third-order valence-corrected chi connectivity index (χ3v) is 1.06. The Kier molecular flexibility index (Phi) is 6.03. The van der Waals surface area contributed by atoms with Crippen LogP contribution in [0.4, 0.5) is 0 Å². The van der Waals surface area contributed by atoms with Gasteiger partial charge < -0.3 is 4.74 Å². The second-order valence-electron chi connectivity index (χ2n) is 1.95. The van der Waals surface area contributed by atoms with Crippen molar-refractivity contribution >= 4 is 6.08 Å². The van der Waals surface area contributed by atoms with E-state index in [2.05, 4.69) is 4.99 Å². The highest BCUT2D eigenvalue weighted by Gasteiger charge is 2.00. The maximum Gasteiger partial charge on any atom is 0.237 e. The first kappa shape index (κ1) is 9.34. The first-order valence-electron chi connectivity index (χ1n) is 3.53. The molecule has 0 radical (unpaired) electrons. The lowest BCUT2D eigenvalue weighted by atomic mass is 10.4. The summed E-state index contributed by atoms with van der Waals surface area (Å²) in [5.74, 6) is 0. The number of nitrogens with zero attached hydrogens (tertiary/aromatic N) is 1. The molecule has 0 bridgehead atoms. The van der Waals surface area contributed by atoms with Crippen molar-refractivity contribution in [1.29, 1.82) is 0 Å². The Morgan fingerprint density at radius 3 is 2.70 bits per heavy atom. The van der Waals surface area contributed by atoms with Gasteiger partial charge in [0.25, 0.3) is 0 Å². The van der Waals surface area contributed by atoms with Crippen LogP contribution in [0, 0.1) is 0 Å². The van der Waals surface area contributed by atoms with E-state index in [4.69, 9.17) is 4.74 Å². The van der Waals surface area contributed by atoms with Gasteiger partial charge in [-0.2, -0.15) is 4.99 Å². The van der Waals surface area contributed by atoms with Crippen molar-refractivity contribution in [2.24, 2.45) is 4.99 Å². The molecule has 1 atom stereocenters. The van der Waals surface area contributed by atoms with Crippen LogP contribution in [0.25, 0.3) is 0 Å². The van der Waals surface area contributed by atoms with Gasteiger partial charge >= 0.3 is 0 Å². The van der Waals surface area contributed by atoms with E-state index in [-0.39, 0.29) is 6.23 Å². The number of hydrogen-bond donors (Lipinski definition) is 0. The lowest BCUT2D eigenvalue weighted by Crippen LogP contribution is -2.08. The van der Waals surface area contributed by atoms with E-state index in [1.165, 1.54) is 6.08 Å². The fourth-order valence-corrected chi connectivity index (χ4v) is 0.559. The number of rotatable bonds is 5. The summed E-state index contributed by atoms with van der Waals surface area (Å²) in [5, 5.41) is 0. The van der Waals surface area contributed by atoms with Gasteiger partial charge in [0.2, 0.25) is 6.08 Å². The van der Waals surface area contributed by atoms with Crippen molar-refractivity contribution in [2.75, 3.05) is 6.61 Å². The van der Waals surface area contributed by atoms with Crippen LogP contribution in [-0.2, 0) is 9.53 Å². The van der Waals surface area contributed by atoms with Crippen LogP contribution >= 0.6 is 0 Å². The van der Waals surface area contributed by atoms with E-state index in [0.29, 0.717) is 6.61 Å². The van der Waals surface area contributed by atoms with Crippen molar-refractivity contribution in [3.8, 4) is 0 Å². The van der Waals surface area contributed by atoms with Gasteiger partial charge in [-0.25, -0.2) is 4.79 Å². The molecule has 0 rings (SSSR count). The first-order chi connectivity index (χ1) is 4.85. The topological polar surface area (TPSA) is 38.7 Å². The minimum absolute atomic E-state index is 0.280. The molecule has 0 saturated heterocycles. The normalized spacial score (nSPS) is 12.2. The molecule has 0 spiro atoms. The summed E-state index contributed by atoms with van der Waals surface area (Å²) in [5.41, 5.74) is 0. The number of ether oxygens (including phenoxy) is 1. The van der Waals surface area contributed by atoms with Gasteiger partial charge in [0, 0.05) is 6.61 Å². The molecule has 0 aromatic carbocycles. The van der Waals surface area contributed by atoms with Gasteiger partial charge in [0.1, 0.15) is 0 Å². The highest BCUT2D eigenvalue weighted by molar-refractivity contribution is 5.33. The monoisotopic (exact) mass is 143 g/mol. The Labute approximate surface area is 61.1 Å². The highest BCUT2D eigenvalue weighted by Crippen LogP contribution is 1.98. The molecule has 10 heavy (non-hydrogen) atoms. The largest absolute Gasteiger partial charge is 0.356 e. The molecule has 0 amide bonds. The maximum absolute atomic E-state index is 9.77. The van der Waals surface area contributed by atoms with E-state index in [1.807, 2.05) is 13.8 Å². The minimum atomic E-state index is -0.280. The molecule has 3 nitrogen and oxygen atoms in total. The van der Waals surface area contributed by atoms with Gasteiger partial charge in [0.15, 0.2) is 6.23 Å². The summed E-state index contributed by atoms with van der Waals surface area (Å²) in [6.07, 6.45) is 2.88. The molecule has 0 heterocycles. The Morgan fingerprint density at radius 1 is 1.60 bits per heavy atom. The molecule has 0 aliphatic rings. The average Bonchev–Trinajstić information content (AvgIpc) is 1.98. The van der Waals surface area contributed by atoms with E-state index >= 15 is 0 Å². The van der Waals surface area contributed by atoms with E-state index in [0.717, 1.165) is 12.8 Å². The number of aliphatic imine (C=N–C) groups is 1. The molecule has 0 aromatic rings. The van der Waals surface area contributed by atoms with Crippen molar-refractivity contribution in [2.45, 2.75) is 32.9 Å². The van der Waals surface area contributed by atoms with E-state index in [1.54, 1.807) is 0 Å². The zero-order valence-corrected chi connectivity index (χ0v) is 6.46. The molecule has 58 valence electrons. The SMILES string of the molecule is CCCOC(CC)N=C=O. The Bertz CT molecular complexity index is 119. The summed E-state index contributed by atoms with van der Waals surface area (Å²) in [6.45, 7) is 4.59. The zero-order chi connectivity index (χ0) is 7.82. The molecule has 0 fully saturated rings. The second kappa shape index (κ2) is 6.46.